The van der Waals surface area contributed by atoms with Gasteiger partial charge in [-0.3, -0.25) is 0 Å². The Kier molecular flexibility index (Phi) is 2.25. The Labute approximate surface area is 78.5 Å². The molecule has 1 atom stereocenters. The molecule has 1 saturated heterocycles. The molecule has 0 radical (unpaired) electrons. The van der Waals surface area contributed by atoms with E-state index in [-0.39, 0.29) is 5.75 Å². The second-order valence-electron chi connectivity index (χ2n) is 3.83. The SMILES string of the molecule is CC1(C)C(NS(C)(=O)=O)CS1(=O)=O. The van der Waals surface area contributed by atoms with Gasteiger partial charge in [-0.15, -0.1) is 0 Å². The average Bonchev–Trinajstić information content (AvgIpc) is 1.82. The van der Waals surface area contributed by atoms with Gasteiger partial charge in [-0.25, -0.2) is 21.6 Å². The van der Waals surface area contributed by atoms with Crippen molar-refractivity contribution < 1.29 is 16.8 Å². The molecular weight excluding hydrogens is 214 g/mol. The highest BCUT2D eigenvalue weighted by Crippen LogP contribution is 2.33. The molecule has 7 heteroatoms. The van der Waals surface area contributed by atoms with E-state index in [1.165, 1.54) is 13.8 Å². The van der Waals surface area contributed by atoms with Gasteiger partial charge in [-0.05, 0) is 13.8 Å². The van der Waals surface area contributed by atoms with Gasteiger partial charge in [-0.2, -0.15) is 0 Å². The maximum absolute atomic E-state index is 11.2. The van der Waals surface area contributed by atoms with Crippen molar-refractivity contribution in [3.8, 4) is 0 Å². The Bertz CT molecular complexity index is 406. The van der Waals surface area contributed by atoms with Crippen LogP contribution in [0.3, 0.4) is 0 Å². The van der Waals surface area contributed by atoms with Crippen molar-refractivity contribution in [1.82, 2.24) is 4.72 Å². The van der Waals surface area contributed by atoms with Crippen LogP contribution >= 0.6 is 0 Å². The molecule has 0 aromatic carbocycles. The Morgan fingerprint density at radius 2 is 1.85 bits per heavy atom. The zero-order chi connectivity index (χ0) is 10.5. The molecular formula is C6H13NO4S2. The van der Waals surface area contributed by atoms with E-state index < -0.39 is 30.6 Å². The first-order valence-electron chi connectivity index (χ1n) is 3.76. The Balaban J connectivity index is 2.83. The van der Waals surface area contributed by atoms with E-state index in [0.29, 0.717) is 0 Å². The van der Waals surface area contributed by atoms with E-state index in [1.807, 2.05) is 0 Å². The van der Waals surface area contributed by atoms with Gasteiger partial charge in [0.15, 0.2) is 9.84 Å². The number of hydrogen-bond donors (Lipinski definition) is 1. The molecule has 0 saturated carbocycles. The second-order valence-corrected chi connectivity index (χ2v) is 8.22. The summed E-state index contributed by atoms with van der Waals surface area (Å²) in [5.41, 5.74) is 0. The third kappa shape index (κ3) is 1.87. The van der Waals surface area contributed by atoms with Gasteiger partial charge in [0.1, 0.15) is 0 Å². The fourth-order valence-electron chi connectivity index (χ4n) is 1.19. The van der Waals surface area contributed by atoms with E-state index in [2.05, 4.69) is 4.72 Å². The first kappa shape index (κ1) is 10.9. The molecule has 0 bridgehead atoms. The number of rotatable bonds is 2. The lowest BCUT2D eigenvalue weighted by Gasteiger charge is -2.43. The molecule has 0 spiro atoms. The van der Waals surface area contributed by atoms with Crippen molar-refractivity contribution >= 4 is 19.9 Å². The first-order chi connectivity index (χ1) is 5.56. The lowest BCUT2D eigenvalue weighted by molar-refractivity contribution is 0.424. The number of sulfone groups is 1. The Morgan fingerprint density at radius 3 is 2.08 bits per heavy atom. The first-order valence-corrected chi connectivity index (χ1v) is 7.30. The van der Waals surface area contributed by atoms with Crippen LogP contribution in [0, 0.1) is 0 Å². The highest BCUT2D eigenvalue weighted by molar-refractivity contribution is 7.94. The van der Waals surface area contributed by atoms with E-state index in [4.69, 9.17) is 0 Å². The Hall–Kier alpha value is -0.140. The lowest BCUT2D eigenvalue weighted by atomic mass is 10.1. The predicted octanol–water partition coefficient (Wildman–Crippen LogP) is -0.889. The van der Waals surface area contributed by atoms with Crippen LogP contribution in [0.25, 0.3) is 0 Å². The van der Waals surface area contributed by atoms with Gasteiger partial charge in [0.25, 0.3) is 0 Å². The molecule has 0 aromatic heterocycles. The van der Waals surface area contributed by atoms with Gasteiger partial charge in [-0.1, -0.05) is 0 Å². The van der Waals surface area contributed by atoms with Crippen molar-refractivity contribution in [2.75, 3.05) is 12.0 Å². The third-order valence-electron chi connectivity index (χ3n) is 2.38. The molecule has 0 aliphatic carbocycles. The summed E-state index contributed by atoms with van der Waals surface area (Å²) in [5.74, 6) is -0.104. The summed E-state index contributed by atoms with van der Waals surface area (Å²) < 4.78 is 45.4. The summed E-state index contributed by atoms with van der Waals surface area (Å²) in [7, 11) is -6.43. The van der Waals surface area contributed by atoms with Crippen LogP contribution in [0.1, 0.15) is 13.8 Å². The van der Waals surface area contributed by atoms with E-state index >= 15 is 0 Å². The van der Waals surface area contributed by atoms with Crippen LogP contribution in [0.4, 0.5) is 0 Å². The van der Waals surface area contributed by atoms with Gasteiger partial charge in [0.05, 0.1) is 22.8 Å². The predicted molar refractivity (Wildman–Crippen MR) is 49.6 cm³/mol. The quantitative estimate of drug-likeness (QED) is 0.663. The van der Waals surface area contributed by atoms with Crippen molar-refractivity contribution in [3.63, 3.8) is 0 Å². The smallest absolute Gasteiger partial charge is 0.209 e. The maximum atomic E-state index is 11.2. The molecule has 1 heterocycles. The molecule has 1 aliphatic rings. The second kappa shape index (κ2) is 2.68. The van der Waals surface area contributed by atoms with Crippen LogP contribution < -0.4 is 4.72 Å². The molecule has 0 aromatic rings. The average molecular weight is 227 g/mol. The zero-order valence-corrected chi connectivity index (χ0v) is 9.37. The highest BCUT2D eigenvalue weighted by atomic mass is 32.2. The summed E-state index contributed by atoms with van der Waals surface area (Å²) in [6, 6.07) is -0.493. The molecule has 1 unspecified atom stereocenters. The summed E-state index contributed by atoms with van der Waals surface area (Å²) in [6.45, 7) is 3.04. The maximum Gasteiger partial charge on any atom is 0.209 e. The van der Waals surface area contributed by atoms with E-state index in [0.717, 1.165) is 6.26 Å². The van der Waals surface area contributed by atoms with Crippen molar-refractivity contribution in [3.05, 3.63) is 0 Å². The van der Waals surface area contributed by atoms with Crippen LogP contribution in [0.15, 0.2) is 0 Å². The minimum Gasteiger partial charge on any atom is -0.228 e. The minimum absolute atomic E-state index is 0.104. The molecule has 1 fully saturated rings. The molecule has 78 valence electrons. The molecule has 13 heavy (non-hydrogen) atoms. The molecule has 0 amide bonds. The van der Waals surface area contributed by atoms with Crippen LogP contribution in [0.5, 0.6) is 0 Å². The summed E-state index contributed by atoms with van der Waals surface area (Å²) >= 11 is 0. The van der Waals surface area contributed by atoms with E-state index in [9.17, 15) is 16.8 Å². The van der Waals surface area contributed by atoms with Crippen molar-refractivity contribution in [1.29, 1.82) is 0 Å². The normalized spacial score (nSPS) is 30.8. The Morgan fingerprint density at radius 1 is 1.38 bits per heavy atom. The fourth-order valence-corrected chi connectivity index (χ4v) is 3.91. The standard InChI is InChI=1S/C6H13NO4S2/c1-6(2)5(4-13(6,10)11)7-12(3,8)9/h5,7H,4H2,1-3H3. The third-order valence-corrected chi connectivity index (χ3v) is 5.76. The number of sulfonamides is 1. The van der Waals surface area contributed by atoms with Crippen LogP contribution in [-0.2, 0) is 19.9 Å². The largest absolute Gasteiger partial charge is 0.228 e. The summed E-state index contributed by atoms with van der Waals surface area (Å²) in [5, 5.41) is 0. The topological polar surface area (TPSA) is 80.3 Å². The lowest BCUT2D eigenvalue weighted by Crippen LogP contribution is -2.66. The van der Waals surface area contributed by atoms with Gasteiger partial charge < -0.3 is 0 Å². The molecule has 1 aliphatic heterocycles. The minimum atomic E-state index is -3.32. The van der Waals surface area contributed by atoms with Crippen molar-refractivity contribution in [2.45, 2.75) is 24.6 Å². The zero-order valence-electron chi connectivity index (χ0n) is 7.73. The van der Waals surface area contributed by atoms with Gasteiger partial charge >= 0.3 is 0 Å². The van der Waals surface area contributed by atoms with Crippen LogP contribution in [0.2, 0.25) is 0 Å². The molecule has 5 nitrogen and oxygen atoms in total. The summed E-state index contributed by atoms with van der Waals surface area (Å²) in [4.78, 5) is 0. The van der Waals surface area contributed by atoms with Gasteiger partial charge in [0.2, 0.25) is 10.0 Å². The van der Waals surface area contributed by atoms with Crippen LogP contribution in [-0.4, -0.2) is 39.6 Å². The van der Waals surface area contributed by atoms with E-state index in [1.54, 1.807) is 0 Å². The fraction of sp³-hybridized carbons (Fsp3) is 1.00. The molecule has 1 rings (SSSR count). The molecule has 1 N–H and O–H groups in total. The van der Waals surface area contributed by atoms with Crippen molar-refractivity contribution in [2.24, 2.45) is 0 Å². The monoisotopic (exact) mass is 227 g/mol. The number of hydrogen-bond acceptors (Lipinski definition) is 4. The van der Waals surface area contributed by atoms with Gasteiger partial charge in [0, 0.05) is 0 Å². The number of nitrogens with one attached hydrogen (secondary N) is 1. The summed E-state index contributed by atoms with van der Waals surface area (Å²) in [6.07, 6.45) is 1.02. The highest BCUT2D eigenvalue weighted by Gasteiger charge is 2.54.